The highest BCUT2D eigenvalue weighted by Gasteiger charge is 2.21. The number of hydrogen-bond donors (Lipinski definition) is 1. The van der Waals surface area contributed by atoms with Crippen LogP contribution in [0, 0.1) is 0 Å². The van der Waals surface area contributed by atoms with Crippen LogP contribution in [0.15, 0.2) is 77.7 Å². The number of carbonyl (C=O) groups is 1. The molecule has 31 heavy (non-hydrogen) atoms. The Labute approximate surface area is 191 Å². The van der Waals surface area contributed by atoms with Crippen LogP contribution in [0.1, 0.15) is 5.56 Å². The standard InChI is InChI=1S/C22H20Cl2N2O4S/c1-26(14-16-5-3-2-4-6-16)31(28,29)19-10-8-18(9-11-19)30-15-22(27)25-21-13-17(23)7-12-20(21)24/h2-13H,14-15H2,1H3,(H,25,27). The van der Waals surface area contributed by atoms with Crippen molar-refractivity contribution in [1.29, 1.82) is 0 Å². The van der Waals surface area contributed by atoms with Crippen molar-refractivity contribution in [3.63, 3.8) is 0 Å². The highest BCUT2D eigenvalue weighted by atomic mass is 35.5. The Morgan fingerprint density at radius 2 is 1.68 bits per heavy atom. The number of amides is 1. The summed E-state index contributed by atoms with van der Waals surface area (Å²) >= 11 is 11.9. The normalized spacial score (nSPS) is 11.4. The zero-order valence-electron chi connectivity index (χ0n) is 16.6. The number of benzene rings is 3. The van der Waals surface area contributed by atoms with Crippen molar-refractivity contribution in [3.05, 3.63) is 88.4 Å². The van der Waals surface area contributed by atoms with Gasteiger partial charge in [0.25, 0.3) is 5.91 Å². The number of carbonyl (C=O) groups excluding carboxylic acids is 1. The Morgan fingerprint density at radius 1 is 1.00 bits per heavy atom. The van der Waals surface area contributed by atoms with Crippen molar-refractivity contribution in [1.82, 2.24) is 4.31 Å². The van der Waals surface area contributed by atoms with Gasteiger partial charge in [-0.25, -0.2) is 8.42 Å². The van der Waals surface area contributed by atoms with Gasteiger partial charge in [0.2, 0.25) is 10.0 Å². The molecule has 0 bridgehead atoms. The van der Waals surface area contributed by atoms with E-state index in [9.17, 15) is 13.2 Å². The van der Waals surface area contributed by atoms with Crippen molar-refractivity contribution >= 4 is 44.8 Å². The van der Waals surface area contributed by atoms with Gasteiger partial charge in [-0.1, -0.05) is 53.5 Å². The Bertz CT molecular complexity index is 1150. The van der Waals surface area contributed by atoms with Crippen molar-refractivity contribution in [3.8, 4) is 5.75 Å². The SMILES string of the molecule is CN(Cc1ccccc1)S(=O)(=O)c1ccc(OCC(=O)Nc2cc(Cl)ccc2Cl)cc1. The van der Waals surface area contributed by atoms with Crippen LogP contribution in [0.25, 0.3) is 0 Å². The molecule has 0 spiro atoms. The number of hydrogen-bond acceptors (Lipinski definition) is 4. The molecule has 162 valence electrons. The maximum atomic E-state index is 12.8. The molecule has 0 aromatic heterocycles. The number of anilines is 1. The summed E-state index contributed by atoms with van der Waals surface area (Å²) in [7, 11) is -2.14. The molecule has 0 saturated carbocycles. The first-order valence-electron chi connectivity index (χ1n) is 9.24. The number of nitrogens with one attached hydrogen (secondary N) is 1. The summed E-state index contributed by atoms with van der Waals surface area (Å²) in [5, 5.41) is 3.41. The topological polar surface area (TPSA) is 75.7 Å². The van der Waals surface area contributed by atoms with Gasteiger partial charge in [-0.05, 0) is 48.0 Å². The van der Waals surface area contributed by atoms with Gasteiger partial charge < -0.3 is 10.1 Å². The van der Waals surface area contributed by atoms with E-state index in [1.165, 1.54) is 41.7 Å². The molecule has 3 aromatic rings. The van der Waals surface area contributed by atoms with E-state index < -0.39 is 15.9 Å². The Kier molecular flexibility index (Phi) is 7.56. The molecule has 3 aromatic carbocycles. The minimum absolute atomic E-state index is 0.133. The molecule has 0 aliphatic heterocycles. The summed E-state index contributed by atoms with van der Waals surface area (Å²) in [5.41, 5.74) is 1.27. The van der Waals surface area contributed by atoms with E-state index in [-0.39, 0.29) is 18.0 Å². The molecule has 0 atom stereocenters. The highest BCUT2D eigenvalue weighted by Crippen LogP contribution is 2.25. The number of ether oxygens (including phenoxy) is 1. The first kappa shape index (κ1) is 23.1. The third-order valence-corrected chi connectivity index (χ3v) is 6.73. The number of rotatable bonds is 8. The summed E-state index contributed by atoms with van der Waals surface area (Å²) in [6.07, 6.45) is 0. The van der Waals surface area contributed by atoms with Crippen LogP contribution in [-0.2, 0) is 21.4 Å². The second kappa shape index (κ2) is 10.2. The van der Waals surface area contributed by atoms with E-state index in [0.29, 0.717) is 21.5 Å². The first-order chi connectivity index (χ1) is 14.8. The third-order valence-electron chi connectivity index (χ3n) is 4.35. The molecule has 3 rings (SSSR count). The third kappa shape index (κ3) is 6.21. The summed E-state index contributed by atoms with van der Waals surface area (Å²) in [6.45, 7) is -0.0174. The predicted molar refractivity (Wildman–Crippen MR) is 122 cm³/mol. The average molecular weight is 479 g/mol. The van der Waals surface area contributed by atoms with Gasteiger partial charge in [-0.3, -0.25) is 4.79 Å². The van der Waals surface area contributed by atoms with Gasteiger partial charge >= 0.3 is 0 Å². The van der Waals surface area contributed by atoms with Crippen LogP contribution in [0.5, 0.6) is 5.75 Å². The monoisotopic (exact) mass is 478 g/mol. The van der Waals surface area contributed by atoms with Gasteiger partial charge in [0.05, 0.1) is 15.6 Å². The second-order valence-electron chi connectivity index (χ2n) is 6.68. The van der Waals surface area contributed by atoms with Gasteiger partial charge in [0.15, 0.2) is 6.61 Å². The molecule has 0 radical (unpaired) electrons. The van der Waals surface area contributed by atoms with Crippen molar-refractivity contribution in [2.75, 3.05) is 19.0 Å². The molecular weight excluding hydrogens is 459 g/mol. The van der Waals surface area contributed by atoms with E-state index in [2.05, 4.69) is 5.32 Å². The predicted octanol–water partition coefficient (Wildman–Crippen LogP) is 4.83. The lowest BCUT2D eigenvalue weighted by molar-refractivity contribution is -0.118. The molecular formula is C22H20Cl2N2O4S. The summed E-state index contributed by atoms with van der Waals surface area (Å²) in [6, 6.07) is 19.9. The van der Waals surface area contributed by atoms with Crippen LogP contribution in [0.3, 0.4) is 0 Å². The van der Waals surface area contributed by atoms with Crippen LogP contribution in [0.4, 0.5) is 5.69 Å². The smallest absolute Gasteiger partial charge is 0.262 e. The van der Waals surface area contributed by atoms with E-state index in [4.69, 9.17) is 27.9 Å². The van der Waals surface area contributed by atoms with Crippen molar-refractivity contribution in [2.45, 2.75) is 11.4 Å². The second-order valence-corrected chi connectivity index (χ2v) is 9.57. The minimum atomic E-state index is -3.66. The van der Waals surface area contributed by atoms with Gasteiger partial charge in [0, 0.05) is 18.6 Å². The maximum absolute atomic E-state index is 12.8. The average Bonchev–Trinajstić information content (AvgIpc) is 2.76. The molecule has 0 heterocycles. The van der Waals surface area contributed by atoms with Gasteiger partial charge in [-0.2, -0.15) is 4.31 Å². The molecule has 1 N–H and O–H groups in total. The zero-order chi connectivity index (χ0) is 22.4. The molecule has 0 aliphatic carbocycles. The highest BCUT2D eigenvalue weighted by molar-refractivity contribution is 7.89. The lowest BCUT2D eigenvalue weighted by Crippen LogP contribution is -2.26. The van der Waals surface area contributed by atoms with E-state index in [1.54, 1.807) is 12.1 Å². The van der Waals surface area contributed by atoms with Crippen molar-refractivity contribution < 1.29 is 17.9 Å². The van der Waals surface area contributed by atoms with Crippen LogP contribution in [-0.4, -0.2) is 32.3 Å². The molecule has 6 nitrogen and oxygen atoms in total. The van der Waals surface area contributed by atoms with E-state index >= 15 is 0 Å². The first-order valence-corrected chi connectivity index (χ1v) is 11.4. The summed E-state index contributed by atoms with van der Waals surface area (Å²) < 4.78 is 32.3. The number of sulfonamides is 1. The van der Waals surface area contributed by atoms with Gasteiger partial charge in [0.1, 0.15) is 5.75 Å². The summed E-state index contributed by atoms with van der Waals surface area (Å²) in [5.74, 6) is -0.0690. The van der Waals surface area contributed by atoms with Crippen LogP contribution < -0.4 is 10.1 Å². The fraction of sp³-hybridized carbons (Fsp3) is 0.136. The molecule has 9 heteroatoms. The van der Waals surface area contributed by atoms with E-state index in [0.717, 1.165) is 5.56 Å². The van der Waals surface area contributed by atoms with E-state index in [1.807, 2.05) is 30.3 Å². The number of nitrogens with zero attached hydrogens (tertiary/aromatic N) is 1. The number of halogens is 2. The lowest BCUT2D eigenvalue weighted by atomic mass is 10.2. The van der Waals surface area contributed by atoms with Gasteiger partial charge in [-0.15, -0.1) is 0 Å². The Morgan fingerprint density at radius 3 is 2.35 bits per heavy atom. The maximum Gasteiger partial charge on any atom is 0.262 e. The summed E-state index contributed by atoms with van der Waals surface area (Å²) in [4.78, 5) is 12.2. The van der Waals surface area contributed by atoms with Crippen LogP contribution in [0.2, 0.25) is 10.0 Å². The van der Waals surface area contributed by atoms with Crippen molar-refractivity contribution in [2.24, 2.45) is 0 Å². The fourth-order valence-electron chi connectivity index (χ4n) is 2.74. The minimum Gasteiger partial charge on any atom is -0.484 e. The fourth-order valence-corrected chi connectivity index (χ4v) is 4.24. The van der Waals surface area contributed by atoms with Crippen LogP contribution >= 0.6 is 23.2 Å². The zero-order valence-corrected chi connectivity index (χ0v) is 18.9. The molecule has 0 fully saturated rings. The molecule has 1 amide bonds. The Balaban J connectivity index is 1.59. The molecule has 0 aliphatic rings. The lowest BCUT2D eigenvalue weighted by Gasteiger charge is -2.17. The Hall–Kier alpha value is -2.58. The quantitative estimate of drug-likeness (QED) is 0.502. The molecule has 0 saturated heterocycles. The largest absolute Gasteiger partial charge is 0.484 e. The molecule has 0 unspecified atom stereocenters.